The maximum absolute atomic E-state index is 6.22. The number of rotatable bonds is 3. The van der Waals surface area contributed by atoms with Crippen LogP contribution in [0.5, 0.6) is 0 Å². The van der Waals surface area contributed by atoms with Gasteiger partial charge in [-0.05, 0) is 56.3 Å². The van der Waals surface area contributed by atoms with E-state index in [1.807, 2.05) is 0 Å². The molecule has 0 aromatic carbocycles. The lowest BCUT2D eigenvalue weighted by Gasteiger charge is -2.34. The Hall–Kier alpha value is -0.900. The molecule has 0 spiro atoms. The summed E-state index contributed by atoms with van der Waals surface area (Å²) in [6.45, 7) is 0. The van der Waals surface area contributed by atoms with Crippen LogP contribution in [0.15, 0.2) is 4.52 Å². The Balaban J connectivity index is 1.46. The average Bonchev–Trinajstić information content (AvgIpc) is 3.01. The first kappa shape index (κ1) is 11.0. The third kappa shape index (κ3) is 1.62. The lowest BCUT2D eigenvalue weighted by atomic mass is 9.77. The summed E-state index contributed by atoms with van der Waals surface area (Å²) in [6.07, 6.45) is 9.83. The van der Waals surface area contributed by atoms with Crippen LogP contribution >= 0.6 is 0 Å². The summed E-state index contributed by atoms with van der Waals surface area (Å²) in [5.74, 6) is 4.24. The normalized spacial score (nSPS) is 36.8. The summed E-state index contributed by atoms with van der Waals surface area (Å²) in [5.41, 5.74) is 5.94. The zero-order valence-corrected chi connectivity index (χ0v) is 10.8. The minimum Gasteiger partial charge on any atom is -0.339 e. The standard InChI is InChI=1S/C14H21N3O/c15-14(4-1-5-14)13-16-12(18-17-13)8-11-7-9-2-3-10(11)6-9/h9-11H,1-8,15H2. The van der Waals surface area contributed by atoms with E-state index in [2.05, 4.69) is 10.1 Å². The van der Waals surface area contributed by atoms with E-state index in [4.69, 9.17) is 10.3 Å². The molecule has 4 rings (SSSR count). The number of aromatic nitrogens is 2. The second-order valence-corrected chi connectivity index (χ2v) is 6.66. The van der Waals surface area contributed by atoms with Crippen molar-refractivity contribution < 1.29 is 4.52 Å². The van der Waals surface area contributed by atoms with Crippen LogP contribution in [0.1, 0.15) is 56.7 Å². The van der Waals surface area contributed by atoms with Crippen LogP contribution in [0.4, 0.5) is 0 Å². The van der Waals surface area contributed by atoms with Crippen LogP contribution in [0.25, 0.3) is 0 Å². The van der Waals surface area contributed by atoms with Crippen molar-refractivity contribution in [2.24, 2.45) is 23.5 Å². The zero-order chi connectivity index (χ0) is 12.2. The monoisotopic (exact) mass is 247 g/mol. The zero-order valence-electron chi connectivity index (χ0n) is 10.8. The van der Waals surface area contributed by atoms with Gasteiger partial charge in [-0.3, -0.25) is 0 Å². The highest BCUT2D eigenvalue weighted by atomic mass is 16.5. The second kappa shape index (κ2) is 3.80. The van der Waals surface area contributed by atoms with Gasteiger partial charge in [-0.25, -0.2) is 0 Å². The molecule has 1 aromatic heterocycles. The van der Waals surface area contributed by atoms with Gasteiger partial charge in [0.15, 0.2) is 5.82 Å². The predicted octanol–water partition coefficient (Wildman–Crippen LogP) is 2.39. The number of hydrogen-bond acceptors (Lipinski definition) is 4. The van der Waals surface area contributed by atoms with Crippen molar-refractivity contribution in [3.63, 3.8) is 0 Å². The molecular weight excluding hydrogens is 226 g/mol. The fraction of sp³-hybridized carbons (Fsp3) is 0.857. The molecule has 4 heteroatoms. The molecule has 2 bridgehead atoms. The molecule has 3 aliphatic rings. The van der Waals surface area contributed by atoms with Crippen LogP contribution in [-0.2, 0) is 12.0 Å². The predicted molar refractivity (Wildman–Crippen MR) is 66.7 cm³/mol. The first-order valence-corrected chi connectivity index (χ1v) is 7.35. The van der Waals surface area contributed by atoms with Crippen LogP contribution in [0.3, 0.4) is 0 Å². The molecule has 1 aromatic rings. The first-order chi connectivity index (χ1) is 8.73. The van der Waals surface area contributed by atoms with Gasteiger partial charge in [0.1, 0.15) is 0 Å². The van der Waals surface area contributed by atoms with Crippen molar-refractivity contribution in [3.8, 4) is 0 Å². The first-order valence-electron chi connectivity index (χ1n) is 7.35. The van der Waals surface area contributed by atoms with Crippen LogP contribution in [-0.4, -0.2) is 10.1 Å². The van der Waals surface area contributed by atoms with E-state index in [-0.39, 0.29) is 5.54 Å². The molecular formula is C14H21N3O. The molecule has 4 nitrogen and oxygen atoms in total. The van der Waals surface area contributed by atoms with Crippen LogP contribution in [0.2, 0.25) is 0 Å². The van der Waals surface area contributed by atoms with Gasteiger partial charge in [-0.15, -0.1) is 0 Å². The maximum atomic E-state index is 6.22. The van der Waals surface area contributed by atoms with Crippen molar-refractivity contribution in [3.05, 3.63) is 11.7 Å². The quantitative estimate of drug-likeness (QED) is 0.890. The molecule has 0 amide bonds. The Kier molecular flexibility index (Phi) is 2.31. The van der Waals surface area contributed by atoms with Crippen molar-refractivity contribution in [2.75, 3.05) is 0 Å². The Morgan fingerprint density at radius 2 is 2.17 bits per heavy atom. The minimum absolute atomic E-state index is 0.281. The van der Waals surface area contributed by atoms with Crippen molar-refractivity contribution >= 4 is 0 Å². The largest absolute Gasteiger partial charge is 0.339 e. The summed E-state index contributed by atoms with van der Waals surface area (Å²) in [7, 11) is 0. The topological polar surface area (TPSA) is 64.9 Å². The molecule has 0 saturated heterocycles. The summed E-state index contributed by atoms with van der Waals surface area (Å²) >= 11 is 0. The minimum atomic E-state index is -0.281. The molecule has 3 atom stereocenters. The summed E-state index contributed by atoms with van der Waals surface area (Å²) < 4.78 is 5.42. The third-order valence-electron chi connectivity index (χ3n) is 5.48. The van der Waals surface area contributed by atoms with E-state index in [0.717, 1.165) is 48.7 Å². The molecule has 98 valence electrons. The number of fused-ring (bicyclic) bond motifs is 2. The highest BCUT2D eigenvalue weighted by Gasteiger charge is 2.41. The van der Waals surface area contributed by atoms with Gasteiger partial charge >= 0.3 is 0 Å². The smallest absolute Gasteiger partial charge is 0.227 e. The van der Waals surface area contributed by atoms with Crippen molar-refractivity contribution in [1.82, 2.24) is 10.1 Å². The van der Waals surface area contributed by atoms with Gasteiger partial charge in [-0.2, -0.15) is 4.98 Å². The number of hydrogen-bond donors (Lipinski definition) is 1. The molecule has 18 heavy (non-hydrogen) atoms. The number of nitrogens with two attached hydrogens (primary N) is 1. The fourth-order valence-electron chi connectivity index (χ4n) is 4.17. The van der Waals surface area contributed by atoms with E-state index in [1.54, 1.807) is 0 Å². The Morgan fingerprint density at radius 1 is 1.28 bits per heavy atom. The Morgan fingerprint density at radius 3 is 2.78 bits per heavy atom. The highest BCUT2D eigenvalue weighted by molar-refractivity contribution is 5.09. The summed E-state index contributed by atoms with van der Waals surface area (Å²) in [5, 5.41) is 4.10. The van der Waals surface area contributed by atoms with Crippen molar-refractivity contribution in [1.29, 1.82) is 0 Å². The molecule has 3 fully saturated rings. The SMILES string of the molecule is NC1(c2noc(CC3CC4CCC3C4)n2)CCC1. The maximum Gasteiger partial charge on any atom is 0.227 e. The third-order valence-corrected chi connectivity index (χ3v) is 5.48. The van der Waals surface area contributed by atoms with Gasteiger partial charge in [0.25, 0.3) is 0 Å². The highest BCUT2D eigenvalue weighted by Crippen LogP contribution is 2.49. The molecule has 1 heterocycles. The molecule has 3 unspecified atom stereocenters. The van der Waals surface area contributed by atoms with Gasteiger partial charge in [0, 0.05) is 6.42 Å². The lowest BCUT2D eigenvalue weighted by Crippen LogP contribution is -2.44. The van der Waals surface area contributed by atoms with Gasteiger partial charge in [-0.1, -0.05) is 11.6 Å². The Bertz CT molecular complexity index is 452. The van der Waals surface area contributed by atoms with Crippen molar-refractivity contribution in [2.45, 2.75) is 56.9 Å². The summed E-state index contributed by atoms with van der Waals surface area (Å²) in [6, 6.07) is 0. The van der Waals surface area contributed by atoms with E-state index in [9.17, 15) is 0 Å². The second-order valence-electron chi connectivity index (χ2n) is 6.66. The van der Waals surface area contributed by atoms with E-state index >= 15 is 0 Å². The average molecular weight is 247 g/mol. The number of nitrogens with zero attached hydrogens (tertiary/aromatic N) is 2. The van der Waals surface area contributed by atoms with E-state index < -0.39 is 0 Å². The molecule has 0 radical (unpaired) electrons. The van der Waals surface area contributed by atoms with Gasteiger partial charge < -0.3 is 10.3 Å². The lowest BCUT2D eigenvalue weighted by molar-refractivity contribution is 0.228. The Labute approximate surface area is 107 Å². The van der Waals surface area contributed by atoms with Crippen LogP contribution in [0, 0.1) is 17.8 Å². The summed E-state index contributed by atoms with van der Waals surface area (Å²) in [4.78, 5) is 4.55. The van der Waals surface area contributed by atoms with Gasteiger partial charge in [0.05, 0.1) is 5.54 Å². The van der Waals surface area contributed by atoms with Crippen LogP contribution < -0.4 is 5.73 Å². The molecule has 2 N–H and O–H groups in total. The van der Waals surface area contributed by atoms with E-state index in [0.29, 0.717) is 0 Å². The van der Waals surface area contributed by atoms with Gasteiger partial charge in [0.2, 0.25) is 5.89 Å². The molecule has 3 saturated carbocycles. The molecule has 0 aliphatic heterocycles. The van der Waals surface area contributed by atoms with E-state index in [1.165, 1.54) is 32.1 Å². The fourth-order valence-corrected chi connectivity index (χ4v) is 4.17. The molecule has 3 aliphatic carbocycles.